The lowest BCUT2D eigenvalue weighted by atomic mass is 10.1. The molecule has 2 aromatic carbocycles. The van der Waals surface area contributed by atoms with Crippen LogP contribution in [-0.4, -0.2) is 49.5 Å². The topological polar surface area (TPSA) is 86.8 Å². The number of carbonyl (C=O) groups is 2. The van der Waals surface area contributed by atoms with Crippen LogP contribution in [-0.2, 0) is 26.2 Å². The minimum atomic E-state index is -3.80. The van der Waals surface area contributed by atoms with Gasteiger partial charge in [0.2, 0.25) is 21.8 Å². The molecule has 35 heavy (non-hydrogen) atoms. The van der Waals surface area contributed by atoms with Crippen molar-refractivity contribution >= 4 is 50.7 Å². The molecule has 2 rings (SSSR count). The number of halogens is 2. The van der Waals surface area contributed by atoms with Crippen LogP contribution in [0, 0.1) is 13.8 Å². The maximum Gasteiger partial charge on any atom is 0.244 e. The predicted molar refractivity (Wildman–Crippen MR) is 142 cm³/mol. The lowest BCUT2D eigenvalue weighted by molar-refractivity contribution is -0.140. The first kappa shape index (κ1) is 28.9. The van der Waals surface area contributed by atoms with Gasteiger partial charge in [-0.25, -0.2) is 8.42 Å². The van der Waals surface area contributed by atoms with Crippen molar-refractivity contribution in [3.63, 3.8) is 0 Å². The van der Waals surface area contributed by atoms with Gasteiger partial charge in [0.25, 0.3) is 0 Å². The van der Waals surface area contributed by atoms with E-state index in [1.807, 2.05) is 33.8 Å². The molecule has 7 nitrogen and oxygen atoms in total. The summed E-state index contributed by atoms with van der Waals surface area (Å²) in [6.07, 6.45) is 1.05. The molecule has 0 spiro atoms. The van der Waals surface area contributed by atoms with Crippen LogP contribution >= 0.6 is 23.2 Å². The summed E-state index contributed by atoms with van der Waals surface area (Å²) in [6, 6.07) is 9.39. The number of carbonyl (C=O) groups excluding carboxylic acids is 2. The fourth-order valence-electron chi connectivity index (χ4n) is 3.57. The Bertz CT molecular complexity index is 1210. The number of benzene rings is 2. The Balaban J connectivity index is 2.46. The Morgan fingerprint density at radius 3 is 2.17 bits per heavy atom. The fourth-order valence-corrected chi connectivity index (χ4v) is 4.80. The molecule has 0 radical (unpaired) electrons. The second-order valence-electron chi connectivity index (χ2n) is 9.74. The van der Waals surface area contributed by atoms with Gasteiger partial charge in [0.15, 0.2) is 0 Å². The zero-order chi connectivity index (χ0) is 26.7. The van der Waals surface area contributed by atoms with E-state index in [4.69, 9.17) is 23.2 Å². The second-order valence-corrected chi connectivity index (χ2v) is 12.5. The molecule has 0 heterocycles. The number of nitrogens with zero attached hydrogens (tertiary/aromatic N) is 2. The predicted octanol–water partition coefficient (Wildman–Crippen LogP) is 4.71. The van der Waals surface area contributed by atoms with E-state index in [9.17, 15) is 18.0 Å². The first-order chi connectivity index (χ1) is 16.0. The third kappa shape index (κ3) is 8.12. The van der Waals surface area contributed by atoms with Crippen LogP contribution in [0.1, 0.15) is 44.4 Å². The zero-order valence-corrected chi connectivity index (χ0v) is 23.5. The number of hydrogen-bond acceptors (Lipinski definition) is 4. The second kappa shape index (κ2) is 11.2. The Morgan fingerprint density at radius 2 is 1.66 bits per heavy atom. The third-order valence-corrected chi connectivity index (χ3v) is 7.17. The number of aryl methyl sites for hydroxylation is 2. The Hall–Kier alpha value is -2.29. The fraction of sp³-hybridized carbons (Fsp3) is 0.440. The molecule has 2 amide bonds. The summed E-state index contributed by atoms with van der Waals surface area (Å²) in [6.45, 7) is 10.4. The van der Waals surface area contributed by atoms with Gasteiger partial charge in [0, 0.05) is 12.1 Å². The average molecular weight is 543 g/mol. The van der Waals surface area contributed by atoms with E-state index in [0.717, 1.165) is 21.7 Å². The lowest BCUT2D eigenvalue weighted by Gasteiger charge is -2.33. The van der Waals surface area contributed by atoms with E-state index in [2.05, 4.69) is 5.32 Å². The number of amides is 2. The molecule has 0 aliphatic rings. The first-order valence-corrected chi connectivity index (χ1v) is 13.7. The SMILES string of the molecule is Cc1ccc(N(CC(=O)N(Cc2ccc(Cl)c(Cl)c2)[C@H](C)C(=O)NC(C)(C)C)S(C)(=O)=O)c(C)c1. The van der Waals surface area contributed by atoms with Gasteiger partial charge in [-0.05, 0) is 70.9 Å². The molecule has 1 N–H and O–H groups in total. The van der Waals surface area contributed by atoms with Crippen LogP contribution in [0.3, 0.4) is 0 Å². The first-order valence-electron chi connectivity index (χ1n) is 11.1. The van der Waals surface area contributed by atoms with Crippen LogP contribution in [0.15, 0.2) is 36.4 Å². The van der Waals surface area contributed by atoms with Crippen molar-refractivity contribution in [2.24, 2.45) is 0 Å². The summed E-state index contributed by atoms with van der Waals surface area (Å²) in [5.74, 6) is -0.888. The highest BCUT2D eigenvalue weighted by Gasteiger charge is 2.31. The molecule has 0 fully saturated rings. The van der Waals surface area contributed by atoms with Gasteiger partial charge in [-0.15, -0.1) is 0 Å². The summed E-state index contributed by atoms with van der Waals surface area (Å²) in [5.41, 5.74) is 2.24. The van der Waals surface area contributed by atoms with E-state index < -0.39 is 34.1 Å². The molecule has 1 atom stereocenters. The van der Waals surface area contributed by atoms with E-state index in [1.54, 1.807) is 44.2 Å². The molecule has 0 saturated heterocycles. The molecular weight excluding hydrogens is 509 g/mol. The van der Waals surface area contributed by atoms with E-state index in [1.165, 1.54) is 4.90 Å². The minimum absolute atomic E-state index is 0.0406. The quantitative estimate of drug-likeness (QED) is 0.524. The molecule has 0 unspecified atom stereocenters. The third-order valence-electron chi connectivity index (χ3n) is 5.30. The minimum Gasteiger partial charge on any atom is -0.350 e. The number of anilines is 1. The highest BCUT2D eigenvalue weighted by molar-refractivity contribution is 7.92. The van der Waals surface area contributed by atoms with Crippen LogP contribution in [0.25, 0.3) is 0 Å². The number of sulfonamides is 1. The Labute approximate surface area is 218 Å². The van der Waals surface area contributed by atoms with E-state index >= 15 is 0 Å². The van der Waals surface area contributed by atoms with Crippen LogP contribution < -0.4 is 9.62 Å². The van der Waals surface area contributed by atoms with Crippen LogP contribution in [0.2, 0.25) is 10.0 Å². The van der Waals surface area contributed by atoms with Crippen molar-refractivity contribution in [2.75, 3.05) is 17.1 Å². The van der Waals surface area contributed by atoms with Crippen molar-refractivity contribution in [2.45, 2.75) is 59.7 Å². The summed E-state index contributed by atoms with van der Waals surface area (Å²) < 4.78 is 26.5. The zero-order valence-electron chi connectivity index (χ0n) is 21.1. The van der Waals surface area contributed by atoms with E-state index in [0.29, 0.717) is 21.3 Å². The van der Waals surface area contributed by atoms with Crippen molar-refractivity contribution < 1.29 is 18.0 Å². The molecule has 0 bridgehead atoms. The molecular formula is C25H33Cl2N3O4S. The van der Waals surface area contributed by atoms with Gasteiger partial charge in [0.1, 0.15) is 12.6 Å². The summed E-state index contributed by atoms with van der Waals surface area (Å²) >= 11 is 12.2. The summed E-state index contributed by atoms with van der Waals surface area (Å²) in [7, 11) is -3.80. The average Bonchev–Trinajstić information content (AvgIpc) is 2.70. The molecule has 0 aliphatic carbocycles. The van der Waals surface area contributed by atoms with Crippen molar-refractivity contribution in [3.05, 3.63) is 63.1 Å². The normalized spacial score (nSPS) is 12.7. The van der Waals surface area contributed by atoms with Gasteiger partial charge >= 0.3 is 0 Å². The molecule has 0 aliphatic heterocycles. The lowest BCUT2D eigenvalue weighted by Crippen LogP contribution is -2.54. The van der Waals surface area contributed by atoms with Gasteiger partial charge < -0.3 is 10.2 Å². The van der Waals surface area contributed by atoms with Crippen LogP contribution in [0.5, 0.6) is 0 Å². The highest BCUT2D eigenvalue weighted by atomic mass is 35.5. The smallest absolute Gasteiger partial charge is 0.244 e. The summed E-state index contributed by atoms with van der Waals surface area (Å²) in [4.78, 5) is 27.9. The maximum atomic E-state index is 13.6. The number of nitrogens with one attached hydrogen (secondary N) is 1. The Morgan fingerprint density at radius 1 is 1.03 bits per heavy atom. The molecule has 0 aromatic heterocycles. The largest absolute Gasteiger partial charge is 0.350 e. The van der Waals surface area contributed by atoms with Crippen molar-refractivity contribution in [3.8, 4) is 0 Å². The standard InChI is InChI=1S/C25H33Cl2N3O4S/c1-16-8-11-22(17(2)12-16)30(35(7,33)34)15-23(31)29(18(3)24(32)28-25(4,5)6)14-19-9-10-20(26)21(27)13-19/h8-13,18H,14-15H2,1-7H3,(H,28,32)/t18-/m1/s1. The molecule has 2 aromatic rings. The highest BCUT2D eigenvalue weighted by Crippen LogP contribution is 2.26. The van der Waals surface area contributed by atoms with Gasteiger partial charge in [0.05, 0.1) is 22.0 Å². The van der Waals surface area contributed by atoms with Crippen molar-refractivity contribution in [1.29, 1.82) is 0 Å². The van der Waals surface area contributed by atoms with Gasteiger partial charge in [-0.1, -0.05) is 47.0 Å². The van der Waals surface area contributed by atoms with Gasteiger partial charge in [-0.3, -0.25) is 13.9 Å². The number of rotatable bonds is 8. The summed E-state index contributed by atoms with van der Waals surface area (Å²) in [5, 5.41) is 3.56. The molecule has 10 heteroatoms. The van der Waals surface area contributed by atoms with E-state index in [-0.39, 0.29) is 12.5 Å². The Kier molecular flexibility index (Phi) is 9.25. The van der Waals surface area contributed by atoms with Crippen LogP contribution in [0.4, 0.5) is 5.69 Å². The number of hydrogen-bond donors (Lipinski definition) is 1. The monoisotopic (exact) mass is 541 g/mol. The van der Waals surface area contributed by atoms with Crippen molar-refractivity contribution in [1.82, 2.24) is 10.2 Å². The maximum absolute atomic E-state index is 13.6. The molecule has 192 valence electrons. The molecule has 0 saturated carbocycles. The van der Waals surface area contributed by atoms with Gasteiger partial charge in [-0.2, -0.15) is 0 Å².